The largest absolute Gasteiger partial charge is 0.485 e. The van der Waals surface area contributed by atoms with Gasteiger partial charge in [-0.15, -0.1) is 0 Å². The van der Waals surface area contributed by atoms with Crippen LogP contribution in [0, 0.1) is 5.92 Å². The standard InChI is InChI=1S/C23H22Cl2N2O/c24-20-6-7-22(18(11-20)10-16-4-2-1-3-5-16)28-23(17-8-9-26-13-17)19-12-21(25)15-27-14-19/h1-7,11-12,14-15,17,23,26H,8-10,13H2. The number of pyridine rings is 1. The van der Waals surface area contributed by atoms with Gasteiger partial charge in [-0.25, -0.2) is 0 Å². The van der Waals surface area contributed by atoms with Crippen LogP contribution in [0.1, 0.15) is 29.2 Å². The molecule has 2 atom stereocenters. The summed E-state index contributed by atoms with van der Waals surface area (Å²) in [5.74, 6) is 1.21. The number of aromatic nitrogens is 1. The Morgan fingerprint density at radius 2 is 1.89 bits per heavy atom. The van der Waals surface area contributed by atoms with Gasteiger partial charge < -0.3 is 10.1 Å². The Morgan fingerprint density at radius 3 is 2.64 bits per heavy atom. The second-order valence-corrected chi connectivity index (χ2v) is 8.02. The summed E-state index contributed by atoms with van der Waals surface area (Å²) in [5.41, 5.74) is 3.30. The van der Waals surface area contributed by atoms with Crippen molar-refractivity contribution < 1.29 is 4.74 Å². The molecule has 1 aromatic heterocycles. The number of ether oxygens (including phenoxy) is 1. The van der Waals surface area contributed by atoms with Crippen molar-refractivity contribution in [3.8, 4) is 5.75 Å². The molecule has 2 heterocycles. The number of nitrogens with one attached hydrogen (secondary N) is 1. The van der Waals surface area contributed by atoms with Gasteiger partial charge >= 0.3 is 0 Å². The fraction of sp³-hybridized carbons (Fsp3) is 0.261. The number of halogens is 2. The summed E-state index contributed by atoms with van der Waals surface area (Å²) in [5, 5.41) is 4.76. The summed E-state index contributed by atoms with van der Waals surface area (Å²) in [6.45, 7) is 1.91. The van der Waals surface area contributed by atoms with Crippen molar-refractivity contribution in [2.45, 2.75) is 18.9 Å². The molecular weight excluding hydrogens is 391 g/mol. The van der Waals surface area contributed by atoms with Crippen molar-refractivity contribution in [2.75, 3.05) is 13.1 Å². The molecule has 1 fully saturated rings. The molecule has 3 nitrogen and oxygen atoms in total. The van der Waals surface area contributed by atoms with Crippen molar-refractivity contribution >= 4 is 23.2 Å². The van der Waals surface area contributed by atoms with E-state index in [1.54, 1.807) is 6.20 Å². The van der Waals surface area contributed by atoms with E-state index in [2.05, 4.69) is 22.4 Å². The van der Waals surface area contributed by atoms with E-state index in [1.165, 1.54) is 5.56 Å². The lowest BCUT2D eigenvalue weighted by Gasteiger charge is -2.26. The molecular formula is C23H22Cl2N2O. The van der Waals surface area contributed by atoms with Crippen LogP contribution in [0.2, 0.25) is 10.0 Å². The van der Waals surface area contributed by atoms with E-state index < -0.39 is 0 Å². The van der Waals surface area contributed by atoms with Crippen LogP contribution in [0.3, 0.4) is 0 Å². The smallest absolute Gasteiger partial charge is 0.129 e. The highest BCUT2D eigenvalue weighted by Crippen LogP contribution is 2.35. The van der Waals surface area contributed by atoms with Crippen LogP contribution in [0.4, 0.5) is 0 Å². The van der Waals surface area contributed by atoms with Crippen LogP contribution < -0.4 is 10.1 Å². The highest BCUT2D eigenvalue weighted by atomic mass is 35.5. The van der Waals surface area contributed by atoms with Crippen molar-refractivity contribution in [3.05, 3.63) is 93.7 Å². The highest BCUT2D eigenvalue weighted by molar-refractivity contribution is 6.30. The zero-order chi connectivity index (χ0) is 19.3. The molecule has 0 bridgehead atoms. The minimum Gasteiger partial charge on any atom is -0.485 e. The second kappa shape index (κ2) is 8.95. The van der Waals surface area contributed by atoms with E-state index in [9.17, 15) is 0 Å². The molecule has 5 heteroatoms. The highest BCUT2D eigenvalue weighted by Gasteiger charge is 2.29. The molecule has 0 spiro atoms. The Labute approximate surface area is 175 Å². The zero-order valence-electron chi connectivity index (χ0n) is 15.4. The van der Waals surface area contributed by atoms with Gasteiger partial charge in [-0.05, 0) is 42.8 Å². The van der Waals surface area contributed by atoms with Gasteiger partial charge in [-0.1, -0.05) is 53.5 Å². The van der Waals surface area contributed by atoms with E-state index in [4.69, 9.17) is 27.9 Å². The zero-order valence-corrected chi connectivity index (χ0v) is 17.0. The summed E-state index contributed by atoms with van der Waals surface area (Å²) >= 11 is 12.5. The number of rotatable bonds is 6. The molecule has 28 heavy (non-hydrogen) atoms. The Morgan fingerprint density at radius 1 is 1.04 bits per heavy atom. The summed E-state index contributed by atoms with van der Waals surface area (Å²) < 4.78 is 6.60. The minimum absolute atomic E-state index is 0.114. The molecule has 0 saturated carbocycles. The van der Waals surface area contributed by atoms with Crippen molar-refractivity contribution in [1.82, 2.24) is 10.3 Å². The van der Waals surface area contributed by atoms with Gasteiger partial charge in [-0.3, -0.25) is 4.98 Å². The van der Waals surface area contributed by atoms with Crippen LogP contribution in [-0.2, 0) is 6.42 Å². The van der Waals surface area contributed by atoms with Gasteiger partial charge in [-0.2, -0.15) is 0 Å². The monoisotopic (exact) mass is 412 g/mol. The maximum Gasteiger partial charge on any atom is 0.129 e. The Balaban J connectivity index is 1.66. The van der Waals surface area contributed by atoms with Gasteiger partial charge in [0.2, 0.25) is 0 Å². The topological polar surface area (TPSA) is 34.1 Å². The SMILES string of the molecule is Clc1cncc(C(Oc2ccc(Cl)cc2Cc2ccccc2)C2CCNC2)c1. The Bertz CT molecular complexity index is 927. The minimum atomic E-state index is -0.114. The van der Waals surface area contributed by atoms with Crippen LogP contribution >= 0.6 is 23.2 Å². The molecule has 0 radical (unpaired) electrons. The lowest BCUT2D eigenvalue weighted by atomic mass is 9.95. The third-order valence-electron chi connectivity index (χ3n) is 5.10. The number of nitrogens with zero attached hydrogens (tertiary/aromatic N) is 1. The fourth-order valence-corrected chi connectivity index (χ4v) is 4.09. The average Bonchev–Trinajstić information content (AvgIpc) is 3.23. The molecule has 0 aliphatic carbocycles. The summed E-state index contributed by atoms with van der Waals surface area (Å²) in [6.07, 6.45) is 5.20. The fourth-order valence-electron chi connectivity index (χ4n) is 3.71. The first kappa shape index (κ1) is 19.3. The Kier molecular flexibility index (Phi) is 6.16. The molecule has 1 aliphatic rings. The average molecular weight is 413 g/mol. The molecule has 144 valence electrons. The van der Waals surface area contributed by atoms with E-state index in [0.29, 0.717) is 16.0 Å². The predicted molar refractivity (Wildman–Crippen MR) is 114 cm³/mol. The lowest BCUT2D eigenvalue weighted by Crippen LogP contribution is -2.22. The number of hydrogen-bond donors (Lipinski definition) is 1. The van der Waals surface area contributed by atoms with E-state index in [-0.39, 0.29) is 6.10 Å². The van der Waals surface area contributed by atoms with Crippen molar-refractivity contribution in [1.29, 1.82) is 0 Å². The van der Waals surface area contributed by atoms with Crippen LogP contribution in [0.25, 0.3) is 0 Å². The maximum absolute atomic E-state index is 6.60. The third kappa shape index (κ3) is 4.67. The number of hydrogen-bond acceptors (Lipinski definition) is 3. The molecule has 3 aromatic rings. The number of benzene rings is 2. The molecule has 1 N–H and O–H groups in total. The quantitative estimate of drug-likeness (QED) is 0.562. The molecule has 4 rings (SSSR count). The summed E-state index contributed by atoms with van der Waals surface area (Å²) in [6, 6.07) is 18.1. The van der Waals surface area contributed by atoms with Gasteiger partial charge in [0.25, 0.3) is 0 Å². The first-order valence-corrected chi connectivity index (χ1v) is 10.2. The van der Waals surface area contributed by atoms with Crippen molar-refractivity contribution in [3.63, 3.8) is 0 Å². The summed E-state index contributed by atoms with van der Waals surface area (Å²) in [7, 11) is 0. The third-order valence-corrected chi connectivity index (χ3v) is 5.54. The molecule has 2 aromatic carbocycles. The van der Waals surface area contributed by atoms with E-state index in [0.717, 1.165) is 42.8 Å². The summed E-state index contributed by atoms with van der Waals surface area (Å²) in [4.78, 5) is 4.27. The van der Waals surface area contributed by atoms with Gasteiger partial charge in [0.1, 0.15) is 11.9 Å². The predicted octanol–water partition coefficient (Wildman–Crippen LogP) is 5.71. The van der Waals surface area contributed by atoms with Crippen molar-refractivity contribution in [2.24, 2.45) is 5.92 Å². The lowest BCUT2D eigenvalue weighted by molar-refractivity contribution is 0.143. The Hall–Kier alpha value is -2.07. The van der Waals surface area contributed by atoms with Crippen LogP contribution in [-0.4, -0.2) is 18.1 Å². The van der Waals surface area contributed by atoms with Crippen LogP contribution in [0.15, 0.2) is 67.0 Å². The van der Waals surface area contributed by atoms with Crippen LogP contribution in [0.5, 0.6) is 5.75 Å². The second-order valence-electron chi connectivity index (χ2n) is 7.14. The molecule has 0 amide bonds. The van der Waals surface area contributed by atoms with Gasteiger partial charge in [0, 0.05) is 47.4 Å². The first-order valence-electron chi connectivity index (χ1n) is 9.49. The maximum atomic E-state index is 6.60. The normalized spacial score (nSPS) is 17.4. The van der Waals surface area contributed by atoms with Gasteiger partial charge in [0.15, 0.2) is 0 Å². The molecule has 2 unspecified atom stereocenters. The first-order chi connectivity index (χ1) is 13.7. The van der Waals surface area contributed by atoms with Gasteiger partial charge in [0.05, 0.1) is 5.02 Å². The molecule has 1 aliphatic heterocycles. The van der Waals surface area contributed by atoms with E-state index >= 15 is 0 Å². The van der Waals surface area contributed by atoms with E-state index in [1.807, 2.05) is 48.7 Å². The molecule has 1 saturated heterocycles.